The highest BCUT2D eigenvalue weighted by Gasteiger charge is 2.83. The first-order chi connectivity index (χ1) is 22.5. The van der Waals surface area contributed by atoms with Crippen molar-refractivity contribution in [1.29, 1.82) is 0 Å². The first-order valence-corrected chi connectivity index (χ1v) is 19.8. The van der Waals surface area contributed by atoms with Crippen LogP contribution in [0.3, 0.4) is 0 Å². The van der Waals surface area contributed by atoms with Gasteiger partial charge in [0.05, 0.1) is 36.6 Å². The minimum atomic E-state index is -1.01. The van der Waals surface area contributed by atoms with Crippen molar-refractivity contribution in [2.45, 2.75) is 155 Å². The van der Waals surface area contributed by atoms with Crippen molar-refractivity contribution in [3.8, 4) is 0 Å². The van der Waals surface area contributed by atoms with Crippen LogP contribution < -0.4 is 0 Å². The van der Waals surface area contributed by atoms with E-state index >= 15 is 0 Å². The number of nitrogens with zero attached hydrogens (tertiary/aromatic N) is 2. The molecule has 0 amide bonds. The Hall–Kier alpha value is -0.320. The van der Waals surface area contributed by atoms with Crippen molar-refractivity contribution in [2.75, 3.05) is 46.9 Å². The van der Waals surface area contributed by atoms with Crippen LogP contribution in [0.4, 0.5) is 0 Å². The molecule has 48 heavy (non-hydrogen) atoms. The molecule has 8 nitrogen and oxygen atoms in total. The summed E-state index contributed by atoms with van der Waals surface area (Å²) in [6, 6.07) is 0.646. The molecule has 5 saturated carbocycles. The van der Waals surface area contributed by atoms with Crippen LogP contribution >= 0.6 is 0 Å². The van der Waals surface area contributed by atoms with Gasteiger partial charge in [-0.15, -0.1) is 0 Å². The van der Waals surface area contributed by atoms with Gasteiger partial charge in [0.1, 0.15) is 6.10 Å². The van der Waals surface area contributed by atoms with Crippen LogP contribution in [0, 0.1) is 50.7 Å². The minimum Gasteiger partial charge on any atom is -0.390 e. The monoisotopic (exact) mass is 673 g/mol. The molecule has 14 atom stereocenters. The number of morpholine rings is 1. The predicted molar refractivity (Wildman–Crippen MR) is 185 cm³/mol. The van der Waals surface area contributed by atoms with Crippen LogP contribution in [0.1, 0.15) is 106 Å². The van der Waals surface area contributed by atoms with E-state index in [-0.39, 0.29) is 40.8 Å². The minimum absolute atomic E-state index is 0.0214. The number of fused-ring (bicyclic) bond motifs is 4. The number of rotatable bonds is 6. The summed E-state index contributed by atoms with van der Waals surface area (Å²) in [5.74, 6) is 1.84. The fourth-order valence-corrected chi connectivity index (χ4v) is 15.0. The van der Waals surface area contributed by atoms with Gasteiger partial charge in [-0.05, 0) is 118 Å². The molecule has 3 saturated heterocycles. The molecule has 5 aliphatic carbocycles. The van der Waals surface area contributed by atoms with Crippen LogP contribution in [-0.4, -0.2) is 115 Å². The lowest BCUT2D eigenvalue weighted by Crippen LogP contribution is -2.62. The molecule has 8 rings (SSSR count). The molecule has 2 N–H and O–H groups in total. The maximum atomic E-state index is 12.6. The smallest absolute Gasteiger partial charge is 0.170 e. The number of hydrogen-bond acceptors (Lipinski definition) is 8. The van der Waals surface area contributed by atoms with Crippen molar-refractivity contribution in [3.63, 3.8) is 0 Å². The van der Waals surface area contributed by atoms with Crippen LogP contribution in [0.15, 0.2) is 0 Å². The van der Waals surface area contributed by atoms with Crippen LogP contribution in [0.25, 0.3) is 0 Å². The maximum Gasteiger partial charge on any atom is 0.170 e. The van der Waals surface area contributed by atoms with Gasteiger partial charge in [0.15, 0.2) is 6.29 Å². The zero-order chi connectivity index (χ0) is 34.2. The number of likely N-dealkylation sites (tertiary alicyclic amines) is 1. The molecular weight excluding hydrogens is 604 g/mol. The molecule has 8 heteroatoms. The normalized spacial score (nSPS) is 52.9. The van der Waals surface area contributed by atoms with Gasteiger partial charge in [-0.2, -0.15) is 0 Å². The molecule has 14 unspecified atom stereocenters. The quantitative estimate of drug-likeness (QED) is 0.392. The Balaban J connectivity index is 1.04. The summed E-state index contributed by atoms with van der Waals surface area (Å²) < 4.78 is 26.1. The molecule has 0 aromatic carbocycles. The van der Waals surface area contributed by atoms with Gasteiger partial charge < -0.3 is 34.1 Å². The Morgan fingerprint density at radius 2 is 1.67 bits per heavy atom. The van der Waals surface area contributed by atoms with E-state index < -0.39 is 17.8 Å². The van der Waals surface area contributed by atoms with Crippen LogP contribution in [0.5, 0.6) is 0 Å². The average molecular weight is 673 g/mol. The largest absolute Gasteiger partial charge is 0.390 e. The second-order valence-electron chi connectivity index (χ2n) is 20.0. The fraction of sp³-hybridized carbons (Fsp3) is 1.00. The number of aliphatic hydroxyl groups excluding tert-OH is 1. The summed E-state index contributed by atoms with van der Waals surface area (Å²) in [4.78, 5) is 5.00. The Kier molecular flexibility index (Phi) is 8.21. The lowest BCUT2D eigenvalue weighted by atomic mass is 9.45. The Bertz CT molecular complexity index is 1230. The third-order valence-corrected chi connectivity index (χ3v) is 17.2. The number of aliphatic hydroxyl groups is 2. The summed E-state index contributed by atoms with van der Waals surface area (Å²) in [6.45, 7) is 21.1. The number of ether oxygens (including phenoxy) is 4. The predicted octanol–water partition coefficient (Wildman–Crippen LogP) is 5.33. The van der Waals surface area contributed by atoms with Crippen molar-refractivity contribution in [3.05, 3.63) is 0 Å². The zero-order valence-electron chi connectivity index (χ0n) is 31.7. The second-order valence-corrected chi connectivity index (χ2v) is 20.0. The van der Waals surface area contributed by atoms with E-state index in [1.165, 1.54) is 44.9 Å². The molecule has 0 radical (unpaired) electrons. The van der Waals surface area contributed by atoms with E-state index in [0.717, 1.165) is 45.6 Å². The van der Waals surface area contributed by atoms with Gasteiger partial charge in [0.25, 0.3) is 0 Å². The van der Waals surface area contributed by atoms with Crippen LogP contribution in [-0.2, 0) is 18.9 Å². The van der Waals surface area contributed by atoms with Gasteiger partial charge in [0.2, 0.25) is 0 Å². The molecule has 2 spiro atoms. The maximum absolute atomic E-state index is 12.6. The topological polar surface area (TPSA) is 83.9 Å². The lowest BCUT2D eigenvalue weighted by molar-refractivity contribution is -0.247. The van der Waals surface area contributed by atoms with Crippen molar-refractivity contribution in [1.82, 2.24) is 9.80 Å². The van der Waals surface area contributed by atoms with Crippen LogP contribution in [0.2, 0.25) is 0 Å². The molecule has 0 aromatic rings. The van der Waals surface area contributed by atoms with Gasteiger partial charge in [-0.1, -0.05) is 41.0 Å². The summed E-state index contributed by atoms with van der Waals surface area (Å²) in [7, 11) is 3.89. The number of likely N-dealkylation sites (N-methyl/N-ethyl adjacent to an activating group) is 1. The van der Waals surface area contributed by atoms with Gasteiger partial charge in [0, 0.05) is 44.7 Å². The zero-order valence-corrected chi connectivity index (χ0v) is 31.7. The third kappa shape index (κ3) is 4.61. The van der Waals surface area contributed by atoms with E-state index in [1.807, 2.05) is 13.8 Å². The molecular formula is C40H68N2O6. The van der Waals surface area contributed by atoms with Crippen molar-refractivity contribution < 1.29 is 29.2 Å². The van der Waals surface area contributed by atoms with E-state index in [2.05, 4.69) is 51.5 Å². The van der Waals surface area contributed by atoms with Gasteiger partial charge >= 0.3 is 0 Å². The highest BCUT2D eigenvalue weighted by Crippen LogP contribution is 2.88. The van der Waals surface area contributed by atoms with Crippen molar-refractivity contribution in [2.24, 2.45) is 50.7 Å². The molecule has 0 bridgehead atoms. The molecule has 3 aliphatic heterocycles. The Morgan fingerprint density at radius 3 is 2.35 bits per heavy atom. The molecule has 8 aliphatic rings. The SMILES string of the molecule is COC(C1CC(C)C2C(O1)C(O)C1(C)C3CCCC4C(C)(C)C(OC5CN(C6CN(C)C6)CCO5)CCC45CC35CCC21C)C(C)(C)O. The molecule has 8 fully saturated rings. The molecule has 274 valence electrons. The summed E-state index contributed by atoms with van der Waals surface area (Å²) in [5.41, 5.74) is -0.456. The number of hydrogen-bond donors (Lipinski definition) is 2. The second kappa shape index (κ2) is 11.3. The molecule has 0 aromatic heterocycles. The summed E-state index contributed by atoms with van der Waals surface area (Å²) >= 11 is 0. The van der Waals surface area contributed by atoms with E-state index in [0.29, 0.717) is 40.5 Å². The Labute approximate surface area is 290 Å². The lowest BCUT2D eigenvalue weighted by Gasteiger charge is -2.60. The number of methoxy groups -OCH3 is 1. The fourth-order valence-electron chi connectivity index (χ4n) is 15.0. The first kappa shape index (κ1) is 34.7. The third-order valence-electron chi connectivity index (χ3n) is 17.2. The average Bonchev–Trinajstić information content (AvgIpc) is 3.62. The highest BCUT2D eigenvalue weighted by molar-refractivity contribution is 5.32. The van der Waals surface area contributed by atoms with Gasteiger partial charge in [-0.3, -0.25) is 4.90 Å². The van der Waals surface area contributed by atoms with Crippen molar-refractivity contribution >= 4 is 0 Å². The Morgan fingerprint density at radius 1 is 0.958 bits per heavy atom. The molecule has 3 heterocycles. The van der Waals surface area contributed by atoms with E-state index in [1.54, 1.807) is 7.11 Å². The van der Waals surface area contributed by atoms with E-state index in [4.69, 9.17) is 18.9 Å². The van der Waals surface area contributed by atoms with E-state index in [9.17, 15) is 10.2 Å². The summed E-state index contributed by atoms with van der Waals surface area (Å²) in [5, 5.41) is 23.6. The standard InChI is InChI=1S/C40H68N2O6/c1-24-19-26(34(45-9)36(4,5)44)47-32-31(24)37(6)15-16-40-23-39(40)14-13-29(48-30-22-42(17-18-46-30)25-20-41(8)21-25)35(2,3)27(39)11-10-12-28(40)38(37,7)33(32)43/h24-34,43-44H,10-23H2,1-9H3. The highest BCUT2D eigenvalue weighted by atomic mass is 16.7. The summed E-state index contributed by atoms with van der Waals surface area (Å²) in [6.07, 6.45) is 9.44. The first-order valence-electron chi connectivity index (χ1n) is 19.8. The van der Waals surface area contributed by atoms with Gasteiger partial charge in [-0.25, -0.2) is 0 Å².